The second-order valence-electron chi connectivity index (χ2n) is 10.5. The number of aryl methyl sites for hydroxylation is 1. The highest BCUT2D eigenvalue weighted by molar-refractivity contribution is 5.96. The fourth-order valence-electron chi connectivity index (χ4n) is 4.77. The van der Waals surface area contributed by atoms with Crippen LogP contribution >= 0.6 is 0 Å². The molecule has 0 aliphatic heterocycles. The number of aromatic carboxylic acids is 1. The Morgan fingerprint density at radius 3 is 2.02 bits per heavy atom. The van der Waals surface area contributed by atoms with Crippen molar-refractivity contribution < 1.29 is 29.3 Å². The molecule has 0 aliphatic rings. The normalized spacial score (nSPS) is 10.9. The van der Waals surface area contributed by atoms with Crippen molar-refractivity contribution >= 4 is 11.9 Å². The van der Waals surface area contributed by atoms with Gasteiger partial charge in [0.15, 0.2) is 0 Å². The monoisotopic (exact) mass is 560 g/mol. The zero-order valence-electron chi connectivity index (χ0n) is 24.3. The third kappa shape index (κ3) is 11.0. The van der Waals surface area contributed by atoms with E-state index < -0.39 is 11.9 Å². The van der Waals surface area contributed by atoms with E-state index in [4.69, 9.17) is 14.6 Å². The first-order chi connectivity index (χ1) is 20.0. The van der Waals surface area contributed by atoms with E-state index in [0.29, 0.717) is 29.2 Å². The molecule has 0 fully saturated rings. The largest absolute Gasteiger partial charge is 0.494 e. The van der Waals surface area contributed by atoms with Gasteiger partial charge in [0.05, 0.1) is 17.7 Å². The van der Waals surface area contributed by atoms with Crippen molar-refractivity contribution in [3.63, 3.8) is 0 Å². The number of carbonyl (C=O) groups excluding carboxylic acids is 1. The molecule has 0 heterocycles. The van der Waals surface area contributed by atoms with E-state index in [1.807, 2.05) is 12.1 Å². The molecule has 220 valence electrons. The Bertz CT molecular complexity index is 1200. The van der Waals surface area contributed by atoms with Crippen LogP contribution in [0.15, 0.2) is 66.7 Å². The molecular weight excluding hydrogens is 516 g/mol. The topological polar surface area (TPSA) is 93.1 Å². The second kappa shape index (κ2) is 17.9. The number of aliphatic hydroxyl groups excluding tert-OH is 1. The first-order valence-corrected chi connectivity index (χ1v) is 15.0. The van der Waals surface area contributed by atoms with Gasteiger partial charge in [0.25, 0.3) is 0 Å². The molecule has 3 aromatic rings. The van der Waals surface area contributed by atoms with Crippen molar-refractivity contribution in [2.24, 2.45) is 0 Å². The Morgan fingerprint density at radius 1 is 0.707 bits per heavy atom. The van der Waals surface area contributed by atoms with Crippen molar-refractivity contribution in [3.8, 4) is 22.6 Å². The maximum Gasteiger partial charge on any atom is 0.343 e. The maximum absolute atomic E-state index is 12.7. The van der Waals surface area contributed by atoms with Crippen LogP contribution in [0.4, 0.5) is 0 Å². The quantitative estimate of drug-likeness (QED) is 0.0867. The van der Waals surface area contributed by atoms with Gasteiger partial charge in [-0.05, 0) is 91.3 Å². The number of carboxylic acid groups (broad SMARTS) is 1. The van der Waals surface area contributed by atoms with E-state index in [-0.39, 0.29) is 12.2 Å². The SMILES string of the molecule is CCCCCCCCCc1ccc(C(=O)O)c(-c2ccc(OC(=O)c3ccc(OCCCCCCO)cc3)cc2)c1. The Balaban J connectivity index is 1.55. The second-order valence-corrected chi connectivity index (χ2v) is 10.5. The van der Waals surface area contributed by atoms with Gasteiger partial charge in [-0.15, -0.1) is 0 Å². The number of hydrogen-bond acceptors (Lipinski definition) is 5. The molecule has 0 saturated heterocycles. The van der Waals surface area contributed by atoms with Crippen molar-refractivity contribution in [1.82, 2.24) is 0 Å². The zero-order chi connectivity index (χ0) is 29.3. The van der Waals surface area contributed by atoms with Gasteiger partial charge in [-0.1, -0.05) is 76.1 Å². The molecule has 0 aromatic heterocycles. The van der Waals surface area contributed by atoms with Crippen LogP contribution in [0.25, 0.3) is 11.1 Å². The molecule has 0 radical (unpaired) electrons. The summed E-state index contributed by atoms with van der Waals surface area (Å²) >= 11 is 0. The van der Waals surface area contributed by atoms with Crippen LogP contribution in [0.1, 0.15) is 104 Å². The average Bonchev–Trinajstić information content (AvgIpc) is 2.99. The molecule has 6 nitrogen and oxygen atoms in total. The summed E-state index contributed by atoms with van der Waals surface area (Å²) in [6.45, 7) is 3.04. The summed E-state index contributed by atoms with van der Waals surface area (Å²) in [4.78, 5) is 24.6. The fourth-order valence-corrected chi connectivity index (χ4v) is 4.77. The number of carboxylic acids is 1. The Hall–Kier alpha value is -3.64. The predicted molar refractivity (Wildman–Crippen MR) is 163 cm³/mol. The minimum atomic E-state index is -0.966. The Kier molecular flexibility index (Phi) is 13.9. The van der Waals surface area contributed by atoms with Crippen molar-refractivity contribution in [1.29, 1.82) is 0 Å². The molecule has 0 bridgehead atoms. The third-order valence-electron chi connectivity index (χ3n) is 7.17. The molecule has 41 heavy (non-hydrogen) atoms. The van der Waals surface area contributed by atoms with Gasteiger partial charge < -0.3 is 19.7 Å². The standard InChI is InChI=1S/C35H44O6/c1-2-3-4-5-6-7-10-13-27-14-23-32(34(37)38)33(26-27)28-15-21-31(22-16-28)41-35(39)29-17-19-30(20-18-29)40-25-12-9-8-11-24-36/h14-23,26,36H,2-13,24-25H2,1H3,(H,37,38). The van der Waals surface area contributed by atoms with Gasteiger partial charge >= 0.3 is 11.9 Å². The van der Waals surface area contributed by atoms with Crippen LogP contribution < -0.4 is 9.47 Å². The van der Waals surface area contributed by atoms with Crippen LogP contribution in [0.5, 0.6) is 11.5 Å². The highest BCUT2D eigenvalue weighted by atomic mass is 16.5. The van der Waals surface area contributed by atoms with Gasteiger partial charge in [-0.25, -0.2) is 9.59 Å². The van der Waals surface area contributed by atoms with E-state index >= 15 is 0 Å². The number of hydrogen-bond donors (Lipinski definition) is 2. The molecule has 3 rings (SSSR count). The van der Waals surface area contributed by atoms with Crippen LogP contribution in [0, 0.1) is 0 Å². The van der Waals surface area contributed by atoms with Crippen molar-refractivity contribution in [2.75, 3.05) is 13.2 Å². The number of esters is 1. The summed E-state index contributed by atoms with van der Waals surface area (Å²) in [5.41, 5.74) is 3.23. The number of benzene rings is 3. The van der Waals surface area contributed by atoms with Gasteiger partial charge in [-0.2, -0.15) is 0 Å². The lowest BCUT2D eigenvalue weighted by Gasteiger charge is -2.11. The van der Waals surface area contributed by atoms with Gasteiger partial charge in [0.2, 0.25) is 0 Å². The smallest absolute Gasteiger partial charge is 0.343 e. The van der Waals surface area contributed by atoms with E-state index in [2.05, 4.69) is 6.92 Å². The predicted octanol–water partition coefficient (Wildman–Crippen LogP) is 8.50. The van der Waals surface area contributed by atoms with Gasteiger partial charge in [0, 0.05) is 6.61 Å². The highest BCUT2D eigenvalue weighted by Crippen LogP contribution is 2.28. The van der Waals surface area contributed by atoms with Crippen LogP contribution in [-0.2, 0) is 6.42 Å². The molecule has 3 aromatic carbocycles. The summed E-state index contributed by atoms with van der Waals surface area (Å²) < 4.78 is 11.3. The van der Waals surface area contributed by atoms with E-state index in [0.717, 1.165) is 49.7 Å². The molecule has 0 aliphatic carbocycles. The minimum absolute atomic E-state index is 0.224. The summed E-state index contributed by atoms with van der Waals surface area (Å²) in [5.74, 6) is -0.363. The van der Waals surface area contributed by atoms with Crippen LogP contribution in [-0.4, -0.2) is 35.4 Å². The van der Waals surface area contributed by atoms with E-state index in [1.165, 1.54) is 38.5 Å². The highest BCUT2D eigenvalue weighted by Gasteiger charge is 2.14. The number of ether oxygens (including phenoxy) is 2. The van der Waals surface area contributed by atoms with Crippen LogP contribution in [0.2, 0.25) is 0 Å². The molecule has 6 heteroatoms. The lowest BCUT2D eigenvalue weighted by Crippen LogP contribution is -2.08. The number of unbranched alkanes of at least 4 members (excludes halogenated alkanes) is 9. The molecular formula is C35H44O6. The molecule has 0 amide bonds. The molecule has 0 atom stereocenters. The molecule has 0 saturated carbocycles. The van der Waals surface area contributed by atoms with Crippen molar-refractivity contribution in [3.05, 3.63) is 83.4 Å². The summed E-state index contributed by atoms with van der Waals surface area (Å²) in [7, 11) is 0. The van der Waals surface area contributed by atoms with Crippen molar-refractivity contribution in [2.45, 2.75) is 84.0 Å². The van der Waals surface area contributed by atoms with E-state index in [9.17, 15) is 14.7 Å². The summed E-state index contributed by atoms with van der Waals surface area (Å²) in [6.07, 6.45) is 13.3. The first kappa shape index (κ1) is 31.9. The van der Waals surface area contributed by atoms with E-state index in [1.54, 1.807) is 54.6 Å². The lowest BCUT2D eigenvalue weighted by atomic mass is 9.95. The molecule has 0 spiro atoms. The third-order valence-corrected chi connectivity index (χ3v) is 7.17. The summed E-state index contributed by atoms with van der Waals surface area (Å²) in [6, 6.07) is 19.4. The van der Waals surface area contributed by atoms with Gasteiger partial charge in [-0.3, -0.25) is 0 Å². The molecule has 2 N–H and O–H groups in total. The number of rotatable bonds is 19. The first-order valence-electron chi connectivity index (χ1n) is 15.0. The number of carbonyl (C=O) groups is 2. The minimum Gasteiger partial charge on any atom is -0.494 e. The lowest BCUT2D eigenvalue weighted by molar-refractivity contribution is 0.0695. The Morgan fingerprint density at radius 2 is 1.34 bits per heavy atom. The average molecular weight is 561 g/mol. The zero-order valence-corrected chi connectivity index (χ0v) is 24.3. The Labute approximate surface area is 244 Å². The van der Waals surface area contributed by atoms with Crippen LogP contribution in [0.3, 0.4) is 0 Å². The number of aliphatic hydroxyl groups is 1. The maximum atomic E-state index is 12.7. The summed E-state index contributed by atoms with van der Waals surface area (Å²) in [5, 5.41) is 18.6. The molecule has 0 unspecified atom stereocenters. The van der Waals surface area contributed by atoms with Gasteiger partial charge in [0.1, 0.15) is 11.5 Å². The fraction of sp³-hybridized carbons (Fsp3) is 0.429.